The van der Waals surface area contributed by atoms with Crippen LogP contribution in [0.2, 0.25) is 0 Å². The van der Waals surface area contributed by atoms with E-state index in [0.717, 1.165) is 49.8 Å². The Balaban J connectivity index is 0.000000612. The van der Waals surface area contributed by atoms with Crippen LogP contribution in [0, 0.1) is 11.6 Å². The second-order valence-corrected chi connectivity index (χ2v) is 8.45. The minimum Gasteiger partial charge on any atom is -0.386 e. The van der Waals surface area contributed by atoms with E-state index in [1.165, 1.54) is 19.3 Å². The lowest BCUT2D eigenvalue weighted by Crippen LogP contribution is -2.18. The van der Waals surface area contributed by atoms with Gasteiger partial charge in [-0.2, -0.15) is 0 Å². The molecule has 1 aromatic rings. The molecule has 0 bridgehead atoms. The van der Waals surface area contributed by atoms with Gasteiger partial charge in [0, 0.05) is 13.3 Å². The second-order valence-electron chi connectivity index (χ2n) is 8.45. The third-order valence-electron chi connectivity index (χ3n) is 5.39. The summed E-state index contributed by atoms with van der Waals surface area (Å²) in [5.41, 5.74) is 7.56. The normalized spacial score (nSPS) is 19.5. The molecule has 1 fully saturated rings. The van der Waals surface area contributed by atoms with Crippen LogP contribution in [-0.4, -0.2) is 42.2 Å². The van der Waals surface area contributed by atoms with Crippen LogP contribution in [0.15, 0.2) is 58.5 Å². The maximum absolute atomic E-state index is 13.7. The second kappa shape index (κ2) is 19.6. The van der Waals surface area contributed by atoms with E-state index in [1.807, 2.05) is 26.8 Å². The highest BCUT2D eigenvalue weighted by Gasteiger charge is 2.29. The van der Waals surface area contributed by atoms with Crippen molar-refractivity contribution in [2.75, 3.05) is 13.9 Å². The minimum atomic E-state index is -0.942. The number of aliphatic imine (C=N–C) groups is 1. The lowest BCUT2D eigenvalue weighted by molar-refractivity contribution is -0.0298. The SMILES string of the molecule is CC1CCC(C(O)c2ccc(F)c(F)c2)O1.COCO.C\C=C(F)/C(C(/N)=N/C=C/CC)=C(/C)CCC. The molecular formula is C28H43F3N2O4. The molecule has 1 saturated heterocycles. The molecule has 1 aliphatic rings. The van der Waals surface area contributed by atoms with Gasteiger partial charge in [-0.1, -0.05) is 44.1 Å². The van der Waals surface area contributed by atoms with Gasteiger partial charge >= 0.3 is 0 Å². The average Bonchev–Trinajstić information content (AvgIpc) is 3.32. The highest BCUT2D eigenvalue weighted by molar-refractivity contribution is 6.01. The first-order valence-electron chi connectivity index (χ1n) is 12.5. The maximum Gasteiger partial charge on any atom is 0.159 e. The maximum atomic E-state index is 13.7. The van der Waals surface area contributed by atoms with Gasteiger partial charge < -0.3 is 25.4 Å². The number of hydrogen-bond donors (Lipinski definition) is 3. The molecule has 0 saturated carbocycles. The zero-order chi connectivity index (χ0) is 28.4. The molecule has 3 unspecified atom stereocenters. The fraction of sp³-hybridized carbons (Fsp3) is 0.536. The molecule has 6 nitrogen and oxygen atoms in total. The first-order chi connectivity index (χ1) is 17.6. The molecule has 1 heterocycles. The quantitative estimate of drug-likeness (QED) is 0.149. The van der Waals surface area contributed by atoms with Gasteiger partial charge in [0.25, 0.3) is 0 Å². The number of nitrogens with two attached hydrogens (primary N) is 1. The fourth-order valence-electron chi connectivity index (χ4n) is 3.47. The number of hydrogen-bond acceptors (Lipinski definition) is 5. The number of halogens is 3. The molecule has 37 heavy (non-hydrogen) atoms. The first kappa shape index (κ1) is 34.5. The summed E-state index contributed by atoms with van der Waals surface area (Å²) in [6.07, 6.45) is 8.12. The largest absolute Gasteiger partial charge is 0.386 e. The molecule has 0 aliphatic carbocycles. The van der Waals surface area contributed by atoms with Crippen molar-refractivity contribution in [3.63, 3.8) is 0 Å². The van der Waals surface area contributed by atoms with Gasteiger partial charge in [0.2, 0.25) is 0 Å². The van der Waals surface area contributed by atoms with Crippen LogP contribution < -0.4 is 5.73 Å². The van der Waals surface area contributed by atoms with Crippen LogP contribution in [0.5, 0.6) is 0 Å². The van der Waals surface area contributed by atoms with E-state index in [0.29, 0.717) is 11.1 Å². The van der Waals surface area contributed by atoms with E-state index >= 15 is 0 Å². The molecule has 0 amide bonds. The van der Waals surface area contributed by atoms with Crippen molar-refractivity contribution in [3.8, 4) is 0 Å². The Morgan fingerprint density at radius 3 is 2.38 bits per heavy atom. The van der Waals surface area contributed by atoms with Gasteiger partial charge in [-0.15, -0.1) is 0 Å². The Morgan fingerprint density at radius 2 is 1.92 bits per heavy atom. The molecule has 4 N–H and O–H groups in total. The van der Waals surface area contributed by atoms with Crippen molar-refractivity contribution in [3.05, 3.63) is 70.7 Å². The van der Waals surface area contributed by atoms with Crippen molar-refractivity contribution in [1.82, 2.24) is 0 Å². The lowest BCUT2D eigenvalue weighted by atomic mass is 10.0. The number of benzene rings is 1. The minimum absolute atomic E-state index is 0.116. The summed E-state index contributed by atoms with van der Waals surface area (Å²) in [5, 5.41) is 17.6. The van der Waals surface area contributed by atoms with Crippen LogP contribution in [0.25, 0.3) is 0 Å². The predicted molar refractivity (Wildman–Crippen MR) is 143 cm³/mol. The van der Waals surface area contributed by atoms with Crippen LogP contribution in [0.1, 0.15) is 78.4 Å². The van der Waals surface area contributed by atoms with Crippen molar-refractivity contribution in [1.29, 1.82) is 0 Å². The molecule has 3 atom stereocenters. The fourth-order valence-corrected chi connectivity index (χ4v) is 3.47. The van der Waals surface area contributed by atoms with Gasteiger partial charge in [0.05, 0.1) is 17.8 Å². The smallest absolute Gasteiger partial charge is 0.159 e. The summed E-state index contributed by atoms with van der Waals surface area (Å²) in [6, 6.07) is 3.42. The molecular weight excluding hydrogens is 485 g/mol. The molecule has 0 radical (unpaired) electrons. The Kier molecular flexibility index (Phi) is 18.3. The topological polar surface area (TPSA) is 97.3 Å². The Labute approximate surface area is 219 Å². The van der Waals surface area contributed by atoms with Crippen molar-refractivity contribution in [2.24, 2.45) is 10.7 Å². The first-order valence-corrected chi connectivity index (χ1v) is 12.5. The van der Waals surface area contributed by atoms with Crippen LogP contribution in [0.4, 0.5) is 13.2 Å². The standard InChI is InChI=1S/C14H23FN2.C12H14F2O2.C2H6O2/c1-5-8-10-17-14(16)13(12(15)7-3)11(4)9-6-2;1-7-2-5-11(16-7)12(15)8-3-4-9(13)10(14)6-8;1-4-2-3/h7-8,10H,5-6,9H2,1-4H3,(H2,16,17);3-4,6-7,11-12,15H,2,5H2,1H3;3H,2H2,1H3/b10-8+,12-7+,13-11+;;. The van der Waals surface area contributed by atoms with E-state index in [9.17, 15) is 18.3 Å². The van der Waals surface area contributed by atoms with Gasteiger partial charge in [-0.05, 0) is 64.2 Å². The Morgan fingerprint density at radius 1 is 1.27 bits per heavy atom. The lowest BCUT2D eigenvalue weighted by Gasteiger charge is -2.18. The highest BCUT2D eigenvalue weighted by atomic mass is 19.2. The third-order valence-corrected chi connectivity index (χ3v) is 5.39. The Bertz CT molecular complexity index is 915. The van der Waals surface area contributed by atoms with Gasteiger partial charge in [0.1, 0.15) is 24.6 Å². The van der Waals surface area contributed by atoms with Crippen molar-refractivity contribution in [2.45, 2.75) is 85.0 Å². The molecule has 2 rings (SSSR count). The number of aliphatic hydroxyl groups is 2. The van der Waals surface area contributed by atoms with Gasteiger partial charge in [-0.25, -0.2) is 18.2 Å². The number of aliphatic hydroxyl groups excluding tert-OH is 2. The van der Waals surface area contributed by atoms with E-state index in [4.69, 9.17) is 15.6 Å². The summed E-state index contributed by atoms with van der Waals surface area (Å²) in [5.74, 6) is -1.90. The number of amidine groups is 1. The zero-order valence-corrected chi connectivity index (χ0v) is 22.8. The van der Waals surface area contributed by atoms with Crippen LogP contribution >= 0.6 is 0 Å². The Hall–Kier alpha value is -2.46. The number of nitrogens with zero attached hydrogens (tertiary/aromatic N) is 1. The number of allylic oxidation sites excluding steroid dienone is 3. The summed E-state index contributed by atoms with van der Waals surface area (Å²) in [6.45, 7) is 9.36. The number of methoxy groups -OCH3 is 1. The summed E-state index contributed by atoms with van der Waals surface area (Å²) < 4.78 is 49.0. The monoisotopic (exact) mass is 528 g/mol. The molecule has 1 aliphatic heterocycles. The van der Waals surface area contributed by atoms with Crippen LogP contribution in [0.3, 0.4) is 0 Å². The zero-order valence-electron chi connectivity index (χ0n) is 22.8. The molecule has 1 aromatic carbocycles. The average molecular weight is 529 g/mol. The molecule has 0 aromatic heterocycles. The van der Waals surface area contributed by atoms with E-state index < -0.39 is 17.7 Å². The van der Waals surface area contributed by atoms with Crippen molar-refractivity contribution >= 4 is 5.84 Å². The molecule has 210 valence electrons. The van der Waals surface area contributed by atoms with Crippen LogP contribution in [-0.2, 0) is 9.47 Å². The highest BCUT2D eigenvalue weighted by Crippen LogP contribution is 2.30. The molecule has 0 spiro atoms. The van der Waals surface area contributed by atoms with Gasteiger partial charge in [0.15, 0.2) is 11.6 Å². The van der Waals surface area contributed by atoms with E-state index in [2.05, 4.69) is 16.7 Å². The predicted octanol–water partition coefficient (Wildman–Crippen LogP) is 6.41. The third kappa shape index (κ3) is 13.1. The number of rotatable bonds is 9. The van der Waals surface area contributed by atoms with E-state index in [-0.39, 0.29) is 30.7 Å². The van der Waals surface area contributed by atoms with E-state index in [1.54, 1.807) is 13.1 Å². The summed E-state index contributed by atoms with van der Waals surface area (Å²) in [4.78, 5) is 4.06. The number of ether oxygens (including phenoxy) is 2. The molecule has 9 heteroatoms. The summed E-state index contributed by atoms with van der Waals surface area (Å²) >= 11 is 0. The van der Waals surface area contributed by atoms with Gasteiger partial charge in [-0.3, -0.25) is 0 Å². The summed E-state index contributed by atoms with van der Waals surface area (Å²) in [7, 11) is 1.43. The van der Waals surface area contributed by atoms with Crippen molar-refractivity contribution < 1.29 is 32.9 Å².